The van der Waals surface area contributed by atoms with Crippen molar-refractivity contribution in [3.05, 3.63) is 125 Å². The molecule has 67 heavy (non-hydrogen) atoms. The second-order valence-electron chi connectivity index (χ2n) is 18.3. The van der Waals surface area contributed by atoms with Crippen molar-refractivity contribution in [1.82, 2.24) is 35.4 Å². The molecule has 2 aliphatic heterocycles. The van der Waals surface area contributed by atoms with E-state index in [0.717, 1.165) is 161 Å². The SMILES string of the molecule is CN1CCC(NC(c2cccc(C#CCCCCN)c2)c2nc3ccccc3s2)CC1.CN1CCC(OC(c2cccc(OCCCCCNCCCCN)c2)c2nc3ccccc3[nH]2)CC1. The molecule has 11 nitrogen and oxygen atoms in total. The van der Waals surface area contributed by atoms with Gasteiger partial charge in [0, 0.05) is 31.1 Å². The lowest BCUT2D eigenvalue weighted by molar-refractivity contribution is -0.0265. The van der Waals surface area contributed by atoms with Gasteiger partial charge in [-0.3, -0.25) is 0 Å². The van der Waals surface area contributed by atoms with Crippen LogP contribution in [0.1, 0.15) is 117 Å². The summed E-state index contributed by atoms with van der Waals surface area (Å²) >= 11 is 1.79. The van der Waals surface area contributed by atoms with Crippen LogP contribution in [-0.4, -0.2) is 110 Å². The maximum Gasteiger partial charge on any atom is 0.141 e. The molecule has 0 amide bonds. The summed E-state index contributed by atoms with van der Waals surface area (Å²) in [4.78, 5) is 18.1. The Bertz CT molecular complexity index is 2340. The first kappa shape index (κ1) is 50.2. The van der Waals surface area contributed by atoms with Gasteiger partial charge >= 0.3 is 0 Å². The molecule has 0 aliphatic carbocycles. The van der Waals surface area contributed by atoms with Gasteiger partial charge in [0.2, 0.25) is 0 Å². The highest BCUT2D eigenvalue weighted by Gasteiger charge is 2.27. The number of para-hydroxylation sites is 3. The number of rotatable bonds is 22. The van der Waals surface area contributed by atoms with Crippen molar-refractivity contribution in [3.63, 3.8) is 0 Å². The Kier molecular flexibility index (Phi) is 20.5. The standard InChI is InChI=1S/C29H43N5O2.C26H32N4S/c1-34-19-14-24(15-20-34)36-28(29-32-26-12-3-4-13-27(26)33-29)23-10-9-11-25(22-23)35-21-8-2-6-17-31-18-7-5-16-30;1-30-17-14-22(15-18-30)28-25(26-29-23-12-5-6-13-24(23)31-26)21-11-8-10-20(19-21)9-4-2-3-7-16-27/h3-4,9-13,22,24,28,31H,2,5-8,14-21,30H2,1H3,(H,32,33);5-6,8,10-13,19,22,25,28H,2-3,7,14-18,27H2,1H3. The second-order valence-corrected chi connectivity index (χ2v) is 19.3. The zero-order valence-corrected chi connectivity index (χ0v) is 40.9. The molecular formula is C55H75N9O2S. The number of ether oxygens (including phenoxy) is 2. The Balaban J connectivity index is 0.000000201. The predicted molar refractivity (Wildman–Crippen MR) is 278 cm³/mol. The summed E-state index contributed by atoms with van der Waals surface area (Å²) in [7, 11) is 4.38. The third-order valence-corrected chi connectivity index (χ3v) is 13.9. The zero-order valence-electron chi connectivity index (χ0n) is 40.1. The maximum atomic E-state index is 6.71. The number of benzene rings is 4. The molecule has 2 atom stereocenters. The first-order valence-electron chi connectivity index (χ1n) is 25.0. The summed E-state index contributed by atoms with van der Waals surface area (Å²) in [6, 6.07) is 34.1. The quantitative estimate of drug-likeness (QED) is 0.0331. The number of aromatic amines is 1. The second kappa shape index (κ2) is 27.3. The van der Waals surface area contributed by atoms with Gasteiger partial charge in [0.05, 0.1) is 40.0 Å². The van der Waals surface area contributed by atoms with E-state index >= 15 is 0 Å². The van der Waals surface area contributed by atoms with Crippen molar-refractivity contribution in [3.8, 4) is 17.6 Å². The first-order valence-corrected chi connectivity index (χ1v) is 25.8. The lowest BCUT2D eigenvalue weighted by atomic mass is 10.00. The number of hydrogen-bond donors (Lipinski definition) is 5. The highest BCUT2D eigenvalue weighted by molar-refractivity contribution is 7.18. The molecular weight excluding hydrogens is 851 g/mol. The number of hydrogen-bond acceptors (Lipinski definition) is 11. The Morgan fingerprint density at radius 1 is 0.731 bits per heavy atom. The smallest absolute Gasteiger partial charge is 0.141 e. The minimum absolute atomic E-state index is 0.0878. The lowest BCUT2D eigenvalue weighted by Crippen LogP contribution is -2.42. The van der Waals surface area contributed by atoms with Crippen LogP contribution in [0.25, 0.3) is 21.3 Å². The van der Waals surface area contributed by atoms with E-state index in [0.29, 0.717) is 6.04 Å². The summed E-state index contributed by atoms with van der Waals surface area (Å²) in [6.45, 7) is 8.76. The topological polar surface area (TPSA) is 143 Å². The van der Waals surface area contributed by atoms with Crippen molar-refractivity contribution >= 4 is 32.6 Å². The molecule has 4 heterocycles. The minimum Gasteiger partial charge on any atom is -0.494 e. The molecule has 2 fully saturated rings. The predicted octanol–water partition coefficient (Wildman–Crippen LogP) is 9.19. The van der Waals surface area contributed by atoms with Crippen LogP contribution in [0.4, 0.5) is 0 Å². The minimum atomic E-state index is -0.250. The molecule has 12 heteroatoms. The highest BCUT2D eigenvalue weighted by Crippen LogP contribution is 2.33. The Morgan fingerprint density at radius 3 is 2.21 bits per heavy atom. The Labute approximate surface area is 403 Å². The molecule has 2 aliphatic rings. The van der Waals surface area contributed by atoms with Crippen LogP contribution in [0.5, 0.6) is 5.75 Å². The van der Waals surface area contributed by atoms with Crippen LogP contribution in [0, 0.1) is 11.8 Å². The molecule has 0 spiro atoms. The molecule has 0 radical (unpaired) electrons. The van der Waals surface area contributed by atoms with Crippen molar-refractivity contribution in [2.75, 3.05) is 73.1 Å². The van der Waals surface area contributed by atoms with E-state index in [-0.39, 0.29) is 18.2 Å². The van der Waals surface area contributed by atoms with Crippen LogP contribution in [-0.2, 0) is 4.74 Å². The van der Waals surface area contributed by atoms with E-state index in [1.807, 2.05) is 24.3 Å². The summed E-state index contributed by atoms with van der Waals surface area (Å²) in [5, 5.41) is 8.56. The third kappa shape index (κ3) is 15.9. The normalized spacial score (nSPS) is 16.1. The van der Waals surface area contributed by atoms with Gasteiger partial charge < -0.3 is 46.4 Å². The first-order chi connectivity index (χ1) is 32.9. The number of aromatic nitrogens is 3. The molecule has 6 aromatic rings. The van der Waals surface area contributed by atoms with Crippen LogP contribution >= 0.6 is 11.3 Å². The van der Waals surface area contributed by atoms with Crippen molar-refractivity contribution < 1.29 is 9.47 Å². The van der Waals surface area contributed by atoms with Gasteiger partial charge in [0.1, 0.15) is 22.7 Å². The van der Waals surface area contributed by atoms with Gasteiger partial charge in [-0.1, -0.05) is 60.4 Å². The van der Waals surface area contributed by atoms with Gasteiger partial charge in [-0.05, 0) is 184 Å². The number of nitrogens with two attached hydrogens (primary N) is 2. The van der Waals surface area contributed by atoms with Gasteiger partial charge in [-0.2, -0.15) is 0 Å². The molecule has 0 saturated carbocycles. The van der Waals surface area contributed by atoms with Gasteiger partial charge in [-0.15, -0.1) is 11.3 Å². The van der Waals surface area contributed by atoms with Gasteiger partial charge in [0.25, 0.3) is 0 Å². The number of piperidine rings is 2. The number of nitrogens with zero attached hydrogens (tertiary/aromatic N) is 4. The number of fused-ring (bicyclic) bond motifs is 2. The average Bonchev–Trinajstić information content (AvgIpc) is 4.00. The highest BCUT2D eigenvalue weighted by atomic mass is 32.1. The molecule has 4 aromatic carbocycles. The van der Waals surface area contributed by atoms with E-state index in [9.17, 15) is 0 Å². The number of imidazole rings is 1. The number of nitrogens with one attached hydrogen (secondary N) is 3. The van der Waals surface area contributed by atoms with Crippen LogP contribution < -0.4 is 26.8 Å². The van der Waals surface area contributed by atoms with Crippen molar-refractivity contribution in [1.29, 1.82) is 0 Å². The fraction of sp³-hybridized carbons (Fsp3) is 0.491. The molecule has 0 bridgehead atoms. The fourth-order valence-electron chi connectivity index (χ4n) is 8.77. The largest absolute Gasteiger partial charge is 0.494 e. The summed E-state index contributed by atoms with van der Waals surface area (Å²) in [5.41, 5.74) is 17.6. The number of unbranched alkanes of at least 4 members (excludes halogenated alkanes) is 5. The summed E-state index contributed by atoms with van der Waals surface area (Å²) in [6.07, 6.45) is 13.0. The van der Waals surface area contributed by atoms with E-state index in [4.69, 9.17) is 30.9 Å². The van der Waals surface area contributed by atoms with Crippen molar-refractivity contribution in [2.45, 2.75) is 101 Å². The number of likely N-dealkylation sites (tertiary alicyclic amines) is 2. The summed E-state index contributed by atoms with van der Waals surface area (Å²) < 4.78 is 14.1. The zero-order chi connectivity index (χ0) is 46.5. The van der Waals surface area contributed by atoms with E-state index in [1.165, 1.54) is 29.5 Å². The molecule has 2 saturated heterocycles. The Hall–Kier alpha value is -4.68. The lowest BCUT2D eigenvalue weighted by Gasteiger charge is -2.32. The van der Waals surface area contributed by atoms with Gasteiger partial charge in [-0.25, -0.2) is 9.97 Å². The molecule has 7 N–H and O–H groups in total. The molecule has 2 aromatic heterocycles. The van der Waals surface area contributed by atoms with Crippen LogP contribution in [0.15, 0.2) is 97.1 Å². The number of thiazole rings is 1. The third-order valence-electron chi connectivity index (χ3n) is 12.8. The molecule has 8 rings (SSSR count). The van der Waals surface area contributed by atoms with E-state index < -0.39 is 0 Å². The molecule has 2 unspecified atom stereocenters. The maximum absolute atomic E-state index is 6.71. The van der Waals surface area contributed by atoms with Crippen LogP contribution in [0.3, 0.4) is 0 Å². The van der Waals surface area contributed by atoms with Crippen LogP contribution in [0.2, 0.25) is 0 Å². The van der Waals surface area contributed by atoms with Crippen molar-refractivity contribution in [2.24, 2.45) is 11.5 Å². The molecule has 358 valence electrons. The van der Waals surface area contributed by atoms with E-state index in [1.54, 1.807) is 11.3 Å². The average molecular weight is 926 g/mol. The Morgan fingerprint density at radius 2 is 1.43 bits per heavy atom. The van der Waals surface area contributed by atoms with Gasteiger partial charge in [0.15, 0.2) is 0 Å². The van der Waals surface area contributed by atoms with E-state index in [2.05, 4.69) is 124 Å². The number of H-pyrrole nitrogens is 1. The summed E-state index contributed by atoms with van der Waals surface area (Å²) in [5.74, 6) is 8.39. The fourth-order valence-corrected chi connectivity index (χ4v) is 9.83. The monoisotopic (exact) mass is 926 g/mol.